The van der Waals surface area contributed by atoms with Crippen LogP contribution in [0.5, 0.6) is 0 Å². The van der Waals surface area contributed by atoms with Crippen molar-refractivity contribution in [3.8, 4) is 10.7 Å². The van der Waals surface area contributed by atoms with Crippen molar-refractivity contribution in [3.63, 3.8) is 0 Å². The zero-order valence-electron chi connectivity index (χ0n) is 11.3. The van der Waals surface area contributed by atoms with E-state index < -0.39 is 0 Å². The lowest BCUT2D eigenvalue weighted by molar-refractivity contribution is 0.525. The summed E-state index contributed by atoms with van der Waals surface area (Å²) in [5, 5.41) is 2.11. The molecule has 0 fully saturated rings. The minimum absolute atomic E-state index is 0.706. The van der Waals surface area contributed by atoms with Crippen LogP contribution in [0.3, 0.4) is 0 Å². The van der Waals surface area contributed by atoms with Crippen molar-refractivity contribution in [2.45, 2.75) is 26.8 Å². The van der Waals surface area contributed by atoms with Crippen molar-refractivity contribution >= 4 is 22.4 Å². The van der Waals surface area contributed by atoms with Gasteiger partial charge in [0, 0.05) is 6.54 Å². The third-order valence-corrected chi connectivity index (χ3v) is 4.19. The molecule has 0 bridgehead atoms. The molecular weight excluding hydrogens is 252 g/mol. The van der Waals surface area contributed by atoms with Crippen molar-refractivity contribution in [3.05, 3.63) is 41.8 Å². The molecule has 0 saturated heterocycles. The van der Waals surface area contributed by atoms with Crippen LogP contribution in [0.15, 0.2) is 41.8 Å². The Morgan fingerprint density at radius 2 is 2.00 bits per heavy atom. The number of imidazole rings is 1. The van der Waals surface area contributed by atoms with Crippen LogP contribution in [0.25, 0.3) is 21.7 Å². The second kappa shape index (κ2) is 5.17. The van der Waals surface area contributed by atoms with Crippen molar-refractivity contribution in [1.29, 1.82) is 0 Å². The van der Waals surface area contributed by atoms with E-state index in [2.05, 4.69) is 60.2 Å². The van der Waals surface area contributed by atoms with Crippen LogP contribution in [0, 0.1) is 5.92 Å². The molecule has 2 nitrogen and oxygen atoms in total. The minimum Gasteiger partial charge on any atom is -0.323 e. The minimum atomic E-state index is 0.706. The molecule has 3 heteroatoms. The van der Waals surface area contributed by atoms with E-state index in [-0.39, 0.29) is 0 Å². The number of fused-ring (bicyclic) bond motifs is 1. The number of hydrogen-bond acceptors (Lipinski definition) is 2. The second-order valence-electron chi connectivity index (χ2n) is 5.24. The van der Waals surface area contributed by atoms with E-state index in [0.717, 1.165) is 17.9 Å². The lowest BCUT2D eigenvalue weighted by Gasteiger charge is -2.10. The average molecular weight is 270 g/mol. The first-order valence-corrected chi connectivity index (χ1v) is 7.63. The molecule has 0 saturated carbocycles. The molecule has 98 valence electrons. The Morgan fingerprint density at radius 3 is 2.74 bits per heavy atom. The highest BCUT2D eigenvalue weighted by Gasteiger charge is 2.13. The Hall–Kier alpha value is -1.61. The number of benzene rings is 1. The van der Waals surface area contributed by atoms with Crippen LogP contribution in [0.2, 0.25) is 0 Å². The molecule has 3 aromatic rings. The molecule has 0 N–H and O–H groups in total. The Balaban J connectivity index is 2.11. The van der Waals surface area contributed by atoms with Gasteiger partial charge in [-0.15, -0.1) is 11.3 Å². The summed E-state index contributed by atoms with van der Waals surface area (Å²) in [5.41, 5.74) is 2.33. The van der Waals surface area contributed by atoms with Gasteiger partial charge in [-0.1, -0.05) is 32.0 Å². The number of hydrogen-bond donors (Lipinski definition) is 0. The van der Waals surface area contributed by atoms with Crippen LogP contribution in [0.1, 0.15) is 20.3 Å². The monoisotopic (exact) mass is 270 g/mol. The fraction of sp³-hybridized carbons (Fsp3) is 0.312. The summed E-state index contributed by atoms with van der Waals surface area (Å²) in [4.78, 5) is 6.06. The lowest BCUT2D eigenvalue weighted by atomic mass is 10.1. The van der Waals surface area contributed by atoms with Crippen molar-refractivity contribution in [2.24, 2.45) is 5.92 Å². The van der Waals surface area contributed by atoms with E-state index in [1.807, 2.05) is 0 Å². The number of rotatable bonds is 4. The maximum Gasteiger partial charge on any atom is 0.151 e. The molecular formula is C16H18N2S. The van der Waals surface area contributed by atoms with Gasteiger partial charge in [0.05, 0.1) is 15.9 Å². The van der Waals surface area contributed by atoms with E-state index in [9.17, 15) is 0 Å². The quantitative estimate of drug-likeness (QED) is 0.665. The Morgan fingerprint density at radius 1 is 1.16 bits per heavy atom. The second-order valence-corrected chi connectivity index (χ2v) is 6.18. The lowest BCUT2D eigenvalue weighted by Crippen LogP contribution is -2.03. The molecule has 0 aliphatic heterocycles. The van der Waals surface area contributed by atoms with Gasteiger partial charge in [0.25, 0.3) is 0 Å². The van der Waals surface area contributed by atoms with Crippen LogP contribution in [0.4, 0.5) is 0 Å². The van der Waals surface area contributed by atoms with Crippen molar-refractivity contribution < 1.29 is 0 Å². The highest BCUT2D eigenvalue weighted by molar-refractivity contribution is 7.13. The Kier molecular flexibility index (Phi) is 3.38. The molecule has 0 unspecified atom stereocenters. The number of aromatic nitrogens is 2. The predicted octanol–water partition coefficient (Wildman–Crippen LogP) is 4.81. The fourth-order valence-electron chi connectivity index (χ4n) is 2.28. The first kappa shape index (κ1) is 12.4. The maximum absolute atomic E-state index is 4.81. The molecule has 2 aromatic heterocycles. The molecule has 2 heterocycles. The van der Waals surface area contributed by atoms with Gasteiger partial charge in [-0.25, -0.2) is 4.98 Å². The highest BCUT2D eigenvalue weighted by atomic mass is 32.1. The van der Waals surface area contributed by atoms with E-state index >= 15 is 0 Å². The van der Waals surface area contributed by atoms with Gasteiger partial charge in [-0.3, -0.25) is 0 Å². The van der Waals surface area contributed by atoms with Gasteiger partial charge >= 0.3 is 0 Å². The first-order valence-electron chi connectivity index (χ1n) is 6.75. The molecule has 0 aliphatic rings. The third kappa shape index (κ3) is 2.43. The van der Waals surface area contributed by atoms with Crippen LogP contribution in [-0.4, -0.2) is 9.55 Å². The zero-order valence-corrected chi connectivity index (χ0v) is 12.2. The fourth-order valence-corrected chi connectivity index (χ4v) is 3.01. The normalized spacial score (nSPS) is 11.5. The number of thiophene rings is 1. The smallest absolute Gasteiger partial charge is 0.151 e. The summed E-state index contributed by atoms with van der Waals surface area (Å²) in [6, 6.07) is 12.6. The molecule has 3 rings (SSSR count). The summed E-state index contributed by atoms with van der Waals surface area (Å²) in [5.74, 6) is 1.81. The van der Waals surface area contributed by atoms with Gasteiger partial charge in [-0.05, 0) is 35.9 Å². The summed E-state index contributed by atoms with van der Waals surface area (Å²) >= 11 is 1.76. The van der Waals surface area contributed by atoms with Gasteiger partial charge in [-0.2, -0.15) is 0 Å². The Bertz CT molecular complexity index is 665. The largest absolute Gasteiger partial charge is 0.323 e. The molecule has 0 atom stereocenters. The molecule has 0 radical (unpaired) electrons. The zero-order chi connectivity index (χ0) is 13.2. The number of para-hydroxylation sites is 2. The highest BCUT2D eigenvalue weighted by Crippen LogP contribution is 2.28. The maximum atomic E-state index is 4.81. The molecule has 0 aliphatic carbocycles. The third-order valence-electron chi connectivity index (χ3n) is 3.33. The Labute approximate surface area is 117 Å². The summed E-state index contributed by atoms with van der Waals surface area (Å²) in [6.07, 6.45) is 1.18. The predicted molar refractivity (Wildman–Crippen MR) is 82.5 cm³/mol. The van der Waals surface area contributed by atoms with Gasteiger partial charge < -0.3 is 4.57 Å². The standard InChI is InChI=1S/C16H18N2S/c1-12(2)9-10-18-14-7-4-3-6-13(14)17-16(18)15-8-5-11-19-15/h3-8,11-12H,9-10H2,1-2H3. The van der Waals surface area contributed by atoms with E-state index in [0.29, 0.717) is 5.92 Å². The molecule has 19 heavy (non-hydrogen) atoms. The SMILES string of the molecule is CC(C)CCn1c(-c2cccs2)nc2ccccc21. The van der Waals surface area contributed by atoms with Gasteiger partial charge in [0.1, 0.15) is 0 Å². The molecule has 0 amide bonds. The van der Waals surface area contributed by atoms with Gasteiger partial charge in [0.2, 0.25) is 0 Å². The van der Waals surface area contributed by atoms with E-state index in [1.165, 1.54) is 16.8 Å². The van der Waals surface area contributed by atoms with Crippen LogP contribution in [-0.2, 0) is 6.54 Å². The van der Waals surface area contributed by atoms with Gasteiger partial charge in [0.15, 0.2) is 5.82 Å². The number of nitrogens with zero attached hydrogens (tertiary/aromatic N) is 2. The molecule has 1 aromatic carbocycles. The topological polar surface area (TPSA) is 17.8 Å². The van der Waals surface area contributed by atoms with Crippen molar-refractivity contribution in [2.75, 3.05) is 0 Å². The van der Waals surface area contributed by atoms with Crippen LogP contribution >= 0.6 is 11.3 Å². The average Bonchev–Trinajstić information content (AvgIpc) is 3.03. The first-order chi connectivity index (χ1) is 9.25. The number of aryl methyl sites for hydroxylation is 1. The summed E-state index contributed by atoms with van der Waals surface area (Å²) in [6.45, 7) is 5.57. The summed E-state index contributed by atoms with van der Waals surface area (Å²) < 4.78 is 2.36. The van der Waals surface area contributed by atoms with Crippen LogP contribution < -0.4 is 0 Å². The van der Waals surface area contributed by atoms with Crippen molar-refractivity contribution in [1.82, 2.24) is 9.55 Å². The van der Waals surface area contributed by atoms with E-state index in [1.54, 1.807) is 11.3 Å². The summed E-state index contributed by atoms with van der Waals surface area (Å²) in [7, 11) is 0. The van der Waals surface area contributed by atoms with E-state index in [4.69, 9.17) is 4.98 Å². The molecule has 0 spiro atoms.